The summed E-state index contributed by atoms with van der Waals surface area (Å²) in [5.74, 6) is 2.11. The van der Waals surface area contributed by atoms with Gasteiger partial charge in [0.1, 0.15) is 6.29 Å². The molecule has 0 aromatic heterocycles. The van der Waals surface area contributed by atoms with E-state index in [0.717, 1.165) is 38.4 Å². The number of carbonyl (C=O) groups is 4. The van der Waals surface area contributed by atoms with Gasteiger partial charge < -0.3 is 19.4 Å². The van der Waals surface area contributed by atoms with E-state index >= 15 is 0 Å². The van der Waals surface area contributed by atoms with Crippen LogP contribution in [-0.2, 0) is 28.7 Å². The van der Waals surface area contributed by atoms with Gasteiger partial charge in [-0.3, -0.25) is 14.4 Å². The molecular weight excluding hydrogens is 496 g/mol. The molecule has 8 unspecified atom stereocenters. The number of ether oxygens (including phenoxy) is 2. The Balaban J connectivity index is 0.000000542. The third-order valence-electron chi connectivity index (χ3n) is 10.9. The van der Waals surface area contributed by atoms with Gasteiger partial charge in [-0.15, -0.1) is 0 Å². The molecule has 5 aliphatic carbocycles. The van der Waals surface area contributed by atoms with Crippen LogP contribution in [0, 0.1) is 39.9 Å². The standard InChI is InChI=1S/C28H40O4.C2H4O2.C2H4O/c1-18(10-14-31-3)24(30)8-7-22-25(32-4)16-23-21-6-5-19-15-20(29)9-11-27(19)17-28(21,27)13-12-26(22,23)2;1-2(3)4;1-2-3/h9,11,19,21-23,25H,1,5-8,10,12-17H2,2-4H3;1H3,(H,3,4);2H,1H3. The average Bonchev–Trinajstić information content (AvgIpc) is 3.46. The highest BCUT2D eigenvalue weighted by Crippen LogP contribution is 2.84. The van der Waals surface area contributed by atoms with Crippen molar-refractivity contribution in [3.63, 3.8) is 0 Å². The van der Waals surface area contributed by atoms with E-state index in [0.29, 0.717) is 59.4 Å². The van der Waals surface area contributed by atoms with Gasteiger partial charge in [-0.2, -0.15) is 0 Å². The van der Waals surface area contributed by atoms with Crippen LogP contribution in [0.3, 0.4) is 0 Å². The number of carboxylic acids is 1. The van der Waals surface area contributed by atoms with Crippen molar-refractivity contribution >= 4 is 23.8 Å². The van der Waals surface area contributed by atoms with Gasteiger partial charge in [0, 0.05) is 34.0 Å². The summed E-state index contributed by atoms with van der Waals surface area (Å²) in [6.07, 6.45) is 15.5. The van der Waals surface area contributed by atoms with Crippen LogP contribution in [-0.4, -0.2) is 55.9 Å². The Morgan fingerprint density at radius 2 is 1.85 bits per heavy atom. The number of methoxy groups -OCH3 is 2. The maximum atomic E-state index is 12.7. The second-order valence-electron chi connectivity index (χ2n) is 12.5. The lowest BCUT2D eigenvalue weighted by atomic mass is 9.50. The van der Waals surface area contributed by atoms with Gasteiger partial charge in [-0.25, -0.2) is 0 Å². The van der Waals surface area contributed by atoms with Crippen molar-refractivity contribution in [2.45, 2.75) is 91.1 Å². The molecule has 4 fully saturated rings. The van der Waals surface area contributed by atoms with Crippen molar-refractivity contribution < 1.29 is 33.8 Å². The lowest BCUT2D eigenvalue weighted by Crippen LogP contribution is -2.48. The first-order valence-electron chi connectivity index (χ1n) is 14.5. The Bertz CT molecular complexity index is 981. The summed E-state index contributed by atoms with van der Waals surface area (Å²) >= 11 is 0. The third-order valence-corrected chi connectivity index (χ3v) is 10.9. The summed E-state index contributed by atoms with van der Waals surface area (Å²) in [4.78, 5) is 42.6. The van der Waals surface area contributed by atoms with Gasteiger partial charge in [0.2, 0.25) is 0 Å². The SMILES string of the molecule is C=C(CCOC)C(=O)CCC1C(OC)CC2C3CCC4CC(=O)C=CC45CC35CCC12C.CC(=O)O.CC=O. The third kappa shape index (κ3) is 5.85. The number of hydrogen-bond donors (Lipinski definition) is 1. The predicted molar refractivity (Wildman–Crippen MR) is 149 cm³/mol. The van der Waals surface area contributed by atoms with Gasteiger partial charge in [0.25, 0.3) is 5.97 Å². The first kappa shape index (κ1) is 31.4. The molecule has 0 aromatic rings. The van der Waals surface area contributed by atoms with Crippen LogP contribution in [0.2, 0.25) is 0 Å². The highest BCUT2D eigenvalue weighted by molar-refractivity contribution is 5.94. The highest BCUT2D eigenvalue weighted by Gasteiger charge is 2.78. The Morgan fingerprint density at radius 3 is 2.46 bits per heavy atom. The van der Waals surface area contributed by atoms with Crippen LogP contribution in [0.15, 0.2) is 24.3 Å². The molecule has 7 heteroatoms. The molecule has 4 saturated carbocycles. The number of aliphatic carboxylic acids is 1. The normalized spacial score (nSPS) is 38.8. The van der Waals surface area contributed by atoms with Crippen molar-refractivity contribution in [3.8, 4) is 0 Å². The lowest BCUT2D eigenvalue weighted by molar-refractivity contribution is -0.134. The summed E-state index contributed by atoms with van der Waals surface area (Å²) in [6, 6.07) is 0. The number of carboxylic acid groups (broad SMARTS) is 1. The maximum absolute atomic E-state index is 12.7. The number of fused-ring (bicyclic) bond motifs is 2. The number of carbonyl (C=O) groups excluding carboxylic acids is 3. The monoisotopic (exact) mass is 544 g/mol. The molecule has 0 amide bonds. The second-order valence-corrected chi connectivity index (χ2v) is 12.5. The van der Waals surface area contributed by atoms with E-state index in [1.165, 1.54) is 39.0 Å². The molecule has 7 nitrogen and oxygen atoms in total. The van der Waals surface area contributed by atoms with Gasteiger partial charge >= 0.3 is 0 Å². The average molecular weight is 545 g/mol. The Hall–Kier alpha value is -2.12. The predicted octanol–water partition coefficient (Wildman–Crippen LogP) is 5.61. The quantitative estimate of drug-likeness (QED) is 0.313. The molecule has 0 saturated heterocycles. The first-order valence-corrected chi connectivity index (χ1v) is 14.5. The lowest BCUT2D eigenvalue weighted by Gasteiger charge is -2.54. The summed E-state index contributed by atoms with van der Waals surface area (Å²) in [6.45, 7) is 9.58. The minimum absolute atomic E-state index is 0.190. The van der Waals surface area contributed by atoms with Gasteiger partial charge in [0.15, 0.2) is 11.6 Å². The van der Waals surface area contributed by atoms with Gasteiger partial charge in [-0.1, -0.05) is 19.6 Å². The number of aldehydes is 1. The second kappa shape index (κ2) is 12.6. The molecule has 5 aliphatic rings. The summed E-state index contributed by atoms with van der Waals surface area (Å²) in [5, 5.41) is 7.42. The molecule has 8 atom stereocenters. The van der Waals surface area contributed by atoms with Crippen molar-refractivity contribution in [1.29, 1.82) is 0 Å². The zero-order valence-electron chi connectivity index (χ0n) is 24.5. The smallest absolute Gasteiger partial charge is 0.300 e. The summed E-state index contributed by atoms with van der Waals surface area (Å²) in [5.41, 5.74) is 1.67. The Morgan fingerprint density at radius 1 is 1.18 bits per heavy atom. The zero-order valence-corrected chi connectivity index (χ0v) is 24.5. The molecule has 5 rings (SSSR count). The molecule has 0 heterocycles. The van der Waals surface area contributed by atoms with Crippen LogP contribution < -0.4 is 0 Å². The summed E-state index contributed by atoms with van der Waals surface area (Å²) < 4.78 is 11.2. The molecule has 1 N–H and O–H groups in total. The number of rotatable bonds is 8. The molecule has 0 radical (unpaired) electrons. The topological polar surface area (TPSA) is 107 Å². The van der Waals surface area contributed by atoms with E-state index in [1.54, 1.807) is 7.11 Å². The Labute approximate surface area is 233 Å². The molecule has 0 aromatic carbocycles. The zero-order chi connectivity index (χ0) is 29.0. The number of Topliss-reactive ketones (excluding diaryl/α,β-unsaturated/α-hetero) is 1. The molecule has 2 spiro atoms. The van der Waals surface area contributed by atoms with E-state index in [9.17, 15) is 9.59 Å². The Kier molecular flexibility index (Phi) is 10.1. The van der Waals surface area contributed by atoms with Crippen molar-refractivity contribution in [3.05, 3.63) is 24.3 Å². The van der Waals surface area contributed by atoms with Crippen LogP contribution in [0.1, 0.15) is 85.0 Å². The van der Waals surface area contributed by atoms with Crippen LogP contribution in [0.4, 0.5) is 0 Å². The van der Waals surface area contributed by atoms with Crippen LogP contribution in [0.5, 0.6) is 0 Å². The maximum Gasteiger partial charge on any atom is 0.300 e. The number of ketones is 2. The van der Waals surface area contributed by atoms with E-state index in [-0.39, 0.29) is 17.3 Å². The number of allylic oxidation sites excluding steroid dienone is 2. The van der Waals surface area contributed by atoms with Crippen LogP contribution in [0.25, 0.3) is 0 Å². The minimum atomic E-state index is -0.833. The van der Waals surface area contributed by atoms with E-state index in [2.05, 4.69) is 19.6 Å². The first-order chi connectivity index (χ1) is 18.5. The fraction of sp³-hybridized carbons (Fsp3) is 0.750. The fourth-order valence-corrected chi connectivity index (χ4v) is 9.18. The van der Waals surface area contributed by atoms with E-state index < -0.39 is 5.97 Å². The van der Waals surface area contributed by atoms with E-state index in [1.807, 2.05) is 13.2 Å². The fourth-order valence-electron chi connectivity index (χ4n) is 9.18. The van der Waals surface area contributed by atoms with Gasteiger partial charge in [-0.05, 0) is 110 Å². The van der Waals surface area contributed by atoms with Gasteiger partial charge in [0.05, 0.1) is 12.7 Å². The minimum Gasteiger partial charge on any atom is -0.481 e. The van der Waals surface area contributed by atoms with Crippen LogP contribution >= 0.6 is 0 Å². The molecule has 0 bridgehead atoms. The molecule has 218 valence electrons. The molecular formula is C32H48O7. The van der Waals surface area contributed by atoms with Crippen molar-refractivity contribution in [1.82, 2.24) is 0 Å². The molecule has 39 heavy (non-hydrogen) atoms. The molecule has 0 aliphatic heterocycles. The van der Waals surface area contributed by atoms with Crippen molar-refractivity contribution in [2.75, 3.05) is 20.8 Å². The highest BCUT2D eigenvalue weighted by atomic mass is 16.5. The van der Waals surface area contributed by atoms with E-state index in [4.69, 9.17) is 24.2 Å². The summed E-state index contributed by atoms with van der Waals surface area (Å²) in [7, 11) is 3.52. The number of hydrogen-bond acceptors (Lipinski definition) is 6. The van der Waals surface area contributed by atoms with Crippen molar-refractivity contribution in [2.24, 2.45) is 39.9 Å². The largest absolute Gasteiger partial charge is 0.481 e.